The molecule has 0 saturated heterocycles. The van der Waals surface area contributed by atoms with Crippen molar-refractivity contribution >= 4 is 35.1 Å². The SMILES string of the molecule is C[C@H](NC(=O)COC(=O)COc1ccc(Cl)cc1)c1ccc(Cl)cc1. The molecule has 1 N–H and O–H groups in total. The summed E-state index contributed by atoms with van der Waals surface area (Å²) in [4.78, 5) is 23.5. The van der Waals surface area contributed by atoms with Crippen LogP contribution in [0, 0.1) is 0 Å². The molecule has 25 heavy (non-hydrogen) atoms. The van der Waals surface area contributed by atoms with Gasteiger partial charge in [-0.25, -0.2) is 4.79 Å². The fourth-order valence-electron chi connectivity index (χ4n) is 1.98. The van der Waals surface area contributed by atoms with Gasteiger partial charge < -0.3 is 14.8 Å². The Kier molecular flexibility index (Phi) is 7.10. The molecule has 1 atom stereocenters. The van der Waals surface area contributed by atoms with Crippen LogP contribution in [0.3, 0.4) is 0 Å². The van der Waals surface area contributed by atoms with E-state index >= 15 is 0 Å². The van der Waals surface area contributed by atoms with Crippen LogP contribution in [0.25, 0.3) is 0 Å². The van der Waals surface area contributed by atoms with E-state index in [1.54, 1.807) is 36.4 Å². The van der Waals surface area contributed by atoms with Gasteiger partial charge in [0.05, 0.1) is 6.04 Å². The Morgan fingerprint density at radius 2 is 1.52 bits per heavy atom. The highest BCUT2D eigenvalue weighted by atomic mass is 35.5. The predicted molar refractivity (Wildman–Crippen MR) is 95.9 cm³/mol. The molecular weight excluding hydrogens is 365 g/mol. The quantitative estimate of drug-likeness (QED) is 0.740. The molecule has 132 valence electrons. The summed E-state index contributed by atoms with van der Waals surface area (Å²) >= 11 is 11.6. The third-order valence-corrected chi connectivity index (χ3v) is 3.79. The van der Waals surface area contributed by atoms with Crippen molar-refractivity contribution in [2.75, 3.05) is 13.2 Å². The number of ether oxygens (including phenoxy) is 2. The number of hydrogen-bond acceptors (Lipinski definition) is 4. The Labute approximate surface area is 155 Å². The van der Waals surface area contributed by atoms with Crippen molar-refractivity contribution in [2.45, 2.75) is 13.0 Å². The molecule has 0 radical (unpaired) electrons. The highest BCUT2D eigenvalue weighted by Gasteiger charge is 2.12. The van der Waals surface area contributed by atoms with Crippen molar-refractivity contribution in [3.05, 3.63) is 64.1 Å². The summed E-state index contributed by atoms with van der Waals surface area (Å²) < 4.78 is 10.1. The minimum absolute atomic E-state index is 0.228. The van der Waals surface area contributed by atoms with Crippen molar-refractivity contribution in [1.82, 2.24) is 5.32 Å². The summed E-state index contributed by atoms with van der Waals surface area (Å²) in [7, 11) is 0. The van der Waals surface area contributed by atoms with Crippen LogP contribution in [0.2, 0.25) is 10.0 Å². The Balaban J connectivity index is 1.70. The van der Waals surface area contributed by atoms with Gasteiger partial charge >= 0.3 is 5.97 Å². The van der Waals surface area contributed by atoms with Crippen molar-refractivity contribution in [3.63, 3.8) is 0 Å². The first-order valence-corrected chi connectivity index (χ1v) is 8.28. The number of carbonyl (C=O) groups is 2. The summed E-state index contributed by atoms with van der Waals surface area (Å²) in [5.74, 6) is -0.547. The molecule has 0 spiro atoms. The normalized spacial score (nSPS) is 11.5. The van der Waals surface area contributed by atoms with Crippen LogP contribution in [0.15, 0.2) is 48.5 Å². The van der Waals surface area contributed by atoms with Gasteiger partial charge in [0.1, 0.15) is 5.75 Å². The Bertz CT molecular complexity index is 717. The lowest BCUT2D eigenvalue weighted by Gasteiger charge is -2.14. The molecule has 7 heteroatoms. The van der Waals surface area contributed by atoms with E-state index in [1.807, 2.05) is 19.1 Å². The van der Waals surface area contributed by atoms with Crippen molar-refractivity contribution in [1.29, 1.82) is 0 Å². The summed E-state index contributed by atoms with van der Waals surface area (Å²) in [6.07, 6.45) is 0. The minimum Gasteiger partial charge on any atom is -0.482 e. The van der Waals surface area contributed by atoms with Crippen LogP contribution in [-0.4, -0.2) is 25.1 Å². The summed E-state index contributed by atoms with van der Waals surface area (Å²) in [5, 5.41) is 3.93. The van der Waals surface area contributed by atoms with Crippen LogP contribution < -0.4 is 10.1 Å². The number of carbonyl (C=O) groups excluding carboxylic acids is 2. The van der Waals surface area contributed by atoms with E-state index in [4.69, 9.17) is 32.7 Å². The Morgan fingerprint density at radius 1 is 0.960 bits per heavy atom. The highest BCUT2D eigenvalue weighted by Crippen LogP contribution is 2.16. The van der Waals surface area contributed by atoms with Gasteiger partial charge in [-0.1, -0.05) is 35.3 Å². The fraction of sp³-hybridized carbons (Fsp3) is 0.222. The maximum Gasteiger partial charge on any atom is 0.344 e. The largest absolute Gasteiger partial charge is 0.482 e. The van der Waals surface area contributed by atoms with Crippen molar-refractivity contribution in [2.24, 2.45) is 0 Å². The van der Waals surface area contributed by atoms with Gasteiger partial charge in [0.15, 0.2) is 13.2 Å². The number of amides is 1. The smallest absolute Gasteiger partial charge is 0.344 e. The first kappa shape index (κ1) is 19.1. The molecule has 0 aliphatic heterocycles. The lowest BCUT2D eigenvalue weighted by Crippen LogP contribution is -2.31. The van der Waals surface area contributed by atoms with E-state index in [0.29, 0.717) is 15.8 Å². The van der Waals surface area contributed by atoms with E-state index in [2.05, 4.69) is 5.32 Å². The topological polar surface area (TPSA) is 64.6 Å². The van der Waals surface area contributed by atoms with Crippen LogP contribution in [0.5, 0.6) is 5.75 Å². The second-order valence-corrected chi connectivity index (χ2v) is 6.12. The van der Waals surface area contributed by atoms with Crippen LogP contribution >= 0.6 is 23.2 Å². The average Bonchev–Trinajstić information content (AvgIpc) is 2.60. The highest BCUT2D eigenvalue weighted by molar-refractivity contribution is 6.30. The van der Waals surface area contributed by atoms with Gasteiger partial charge in [-0.05, 0) is 48.9 Å². The van der Waals surface area contributed by atoms with Gasteiger partial charge in [0.2, 0.25) is 0 Å². The van der Waals surface area contributed by atoms with E-state index in [-0.39, 0.29) is 19.3 Å². The van der Waals surface area contributed by atoms with Crippen molar-refractivity contribution in [3.8, 4) is 5.75 Å². The third-order valence-electron chi connectivity index (χ3n) is 3.28. The fourth-order valence-corrected chi connectivity index (χ4v) is 2.23. The molecule has 0 aliphatic rings. The number of nitrogens with one attached hydrogen (secondary N) is 1. The van der Waals surface area contributed by atoms with E-state index in [1.165, 1.54) is 0 Å². The Hall–Kier alpha value is -2.24. The molecule has 2 rings (SSSR count). The molecule has 1 amide bonds. The van der Waals surface area contributed by atoms with E-state index < -0.39 is 11.9 Å². The number of hydrogen-bond donors (Lipinski definition) is 1. The standard InChI is InChI=1S/C18H17Cl2NO4/c1-12(13-2-4-14(19)5-3-13)21-17(22)10-25-18(23)11-24-16-8-6-15(20)7-9-16/h2-9,12H,10-11H2,1H3,(H,21,22)/t12-/m0/s1. The molecule has 0 heterocycles. The third kappa shape index (κ3) is 6.64. The average molecular weight is 382 g/mol. The zero-order chi connectivity index (χ0) is 18.2. The van der Waals surface area contributed by atoms with Gasteiger partial charge in [0.25, 0.3) is 5.91 Å². The zero-order valence-electron chi connectivity index (χ0n) is 13.5. The molecule has 0 saturated carbocycles. The number of halogens is 2. The molecule has 2 aromatic carbocycles. The van der Waals surface area contributed by atoms with E-state index in [9.17, 15) is 9.59 Å². The first-order chi connectivity index (χ1) is 11.9. The molecule has 5 nitrogen and oxygen atoms in total. The lowest BCUT2D eigenvalue weighted by molar-refractivity contribution is -0.150. The summed E-state index contributed by atoms with van der Waals surface area (Å²) in [6, 6.07) is 13.5. The summed E-state index contributed by atoms with van der Waals surface area (Å²) in [5.41, 5.74) is 0.898. The van der Waals surface area contributed by atoms with Crippen LogP contribution in [0.1, 0.15) is 18.5 Å². The minimum atomic E-state index is -0.635. The number of esters is 1. The lowest BCUT2D eigenvalue weighted by atomic mass is 10.1. The Morgan fingerprint density at radius 3 is 2.12 bits per heavy atom. The van der Waals surface area contributed by atoms with Crippen molar-refractivity contribution < 1.29 is 19.1 Å². The molecule has 0 fully saturated rings. The molecule has 0 unspecified atom stereocenters. The zero-order valence-corrected chi connectivity index (χ0v) is 15.0. The first-order valence-electron chi connectivity index (χ1n) is 7.53. The molecule has 0 aliphatic carbocycles. The van der Waals surface area contributed by atoms with Gasteiger partial charge in [-0.2, -0.15) is 0 Å². The molecule has 0 bridgehead atoms. The molecule has 0 aromatic heterocycles. The second kappa shape index (κ2) is 9.30. The summed E-state index contributed by atoms with van der Waals surface area (Å²) in [6.45, 7) is 1.16. The maximum atomic E-state index is 11.8. The van der Waals surface area contributed by atoms with Gasteiger partial charge in [-0.3, -0.25) is 4.79 Å². The van der Waals surface area contributed by atoms with Crippen LogP contribution in [-0.2, 0) is 14.3 Å². The number of benzene rings is 2. The molecular formula is C18H17Cl2NO4. The van der Waals surface area contributed by atoms with Gasteiger partial charge in [0, 0.05) is 10.0 Å². The van der Waals surface area contributed by atoms with Gasteiger partial charge in [-0.15, -0.1) is 0 Å². The molecule has 2 aromatic rings. The number of rotatable bonds is 7. The predicted octanol–water partition coefficient (Wildman–Crippen LogP) is 3.79. The van der Waals surface area contributed by atoms with Crippen LogP contribution in [0.4, 0.5) is 0 Å². The second-order valence-electron chi connectivity index (χ2n) is 5.24. The monoisotopic (exact) mass is 381 g/mol. The maximum absolute atomic E-state index is 11.8. The van der Waals surface area contributed by atoms with E-state index in [0.717, 1.165) is 5.56 Å².